The van der Waals surface area contributed by atoms with E-state index in [9.17, 15) is 14.4 Å². The minimum atomic E-state index is -0.162. The van der Waals surface area contributed by atoms with Gasteiger partial charge in [0.05, 0.1) is 11.4 Å². The summed E-state index contributed by atoms with van der Waals surface area (Å²) in [6.07, 6.45) is 1.40. The third-order valence-electron chi connectivity index (χ3n) is 5.02. The van der Waals surface area contributed by atoms with Crippen LogP contribution in [0.4, 0.5) is 16.2 Å². The highest BCUT2D eigenvalue weighted by atomic mass is 32.2. The molecule has 0 spiro atoms. The molecule has 1 fully saturated rings. The van der Waals surface area contributed by atoms with Crippen molar-refractivity contribution in [2.45, 2.75) is 23.8 Å². The number of nitrogens with zero attached hydrogens (tertiary/aromatic N) is 1. The number of amides is 4. The van der Waals surface area contributed by atoms with E-state index >= 15 is 0 Å². The number of thioether (sulfide) groups is 1. The number of hydrogen-bond donors (Lipinski definition) is 3. The molecule has 0 saturated carbocycles. The van der Waals surface area contributed by atoms with Crippen LogP contribution < -0.4 is 16.0 Å². The van der Waals surface area contributed by atoms with Crippen LogP contribution in [-0.2, 0) is 4.79 Å². The number of rotatable bonds is 3. The Hall–Kier alpha value is -3.00. The fourth-order valence-corrected chi connectivity index (χ4v) is 4.23. The maximum Gasteiger partial charge on any atom is 0.321 e. The third kappa shape index (κ3) is 4.71. The van der Waals surface area contributed by atoms with E-state index in [1.165, 1.54) is 11.8 Å². The van der Waals surface area contributed by atoms with Crippen molar-refractivity contribution in [3.63, 3.8) is 0 Å². The fraction of sp³-hybridized carbons (Fsp3) is 0.286. The Kier molecular flexibility index (Phi) is 5.71. The maximum atomic E-state index is 12.6. The van der Waals surface area contributed by atoms with Gasteiger partial charge in [0.2, 0.25) is 5.91 Å². The molecule has 29 heavy (non-hydrogen) atoms. The first-order chi connectivity index (χ1) is 14.1. The standard InChI is InChI=1S/C21H22N4O3S/c26-19-13-29-18-7-6-14(12-17(18)24-19)20(27)22-16-8-10-25(11-9-16)21(28)23-15-4-2-1-3-5-15/h1-7,12,16H,8-11,13H2,(H,22,27)(H,23,28)(H,24,26). The van der Waals surface area contributed by atoms with Gasteiger partial charge >= 0.3 is 6.03 Å². The number of nitrogens with one attached hydrogen (secondary N) is 3. The summed E-state index contributed by atoms with van der Waals surface area (Å²) in [5, 5.41) is 8.74. The van der Waals surface area contributed by atoms with E-state index in [4.69, 9.17) is 0 Å². The summed E-state index contributed by atoms with van der Waals surface area (Å²) in [5.74, 6) is 0.181. The zero-order chi connectivity index (χ0) is 20.2. The van der Waals surface area contributed by atoms with Gasteiger partial charge in [0.25, 0.3) is 5.91 Å². The zero-order valence-corrected chi connectivity index (χ0v) is 16.6. The summed E-state index contributed by atoms with van der Waals surface area (Å²) >= 11 is 1.47. The number of carbonyl (C=O) groups is 3. The highest BCUT2D eigenvalue weighted by Crippen LogP contribution is 2.32. The second-order valence-corrected chi connectivity index (χ2v) is 8.10. The minimum absolute atomic E-state index is 0.0169. The van der Waals surface area contributed by atoms with Crippen molar-refractivity contribution < 1.29 is 14.4 Å². The van der Waals surface area contributed by atoms with Gasteiger partial charge in [0, 0.05) is 35.3 Å². The average molecular weight is 410 g/mol. The molecule has 2 aromatic carbocycles. The zero-order valence-electron chi connectivity index (χ0n) is 15.8. The van der Waals surface area contributed by atoms with Crippen LogP contribution in [0.3, 0.4) is 0 Å². The average Bonchev–Trinajstić information content (AvgIpc) is 2.74. The Labute approximate surface area is 173 Å². The van der Waals surface area contributed by atoms with E-state index in [0.29, 0.717) is 42.9 Å². The molecule has 3 N–H and O–H groups in total. The molecule has 0 atom stereocenters. The minimum Gasteiger partial charge on any atom is -0.349 e. The quantitative estimate of drug-likeness (QED) is 0.725. The largest absolute Gasteiger partial charge is 0.349 e. The lowest BCUT2D eigenvalue weighted by molar-refractivity contribution is -0.113. The van der Waals surface area contributed by atoms with Crippen LogP contribution >= 0.6 is 11.8 Å². The number of piperidine rings is 1. The van der Waals surface area contributed by atoms with Gasteiger partial charge in [0.1, 0.15) is 0 Å². The second-order valence-electron chi connectivity index (χ2n) is 7.08. The van der Waals surface area contributed by atoms with E-state index in [-0.39, 0.29) is 23.9 Å². The lowest BCUT2D eigenvalue weighted by Crippen LogP contribution is -2.47. The molecule has 4 rings (SSSR count). The molecule has 0 aromatic heterocycles. The summed E-state index contributed by atoms with van der Waals surface area (Å²) in [6, 6.07) is 14.6. The first-order valence-corrected chi connectivity index (χ1v) is 10.6. The molecular formula is C21H22N4O3S. The number of urea groups is 1. The fourth-order valence-electron chi connectivity index (χ4n) is 3.44. The van der Waals surface area contributed by atoms with E-state index in [2.05, 4.69) is 16.0 Å². The van der Waals surface area contributed by atoms with Gasteiger partial charge in [0.15, 0.2) is 0 Å². The molecule has 2 aliphatic rings. The lowest BCUT2D eigenvalue weighted by Gasteiger charge is -2.32. The van der Waals surface area contributed by atoms with Gasteiger partial charge < -0.3 is 20.9 Å². The molecule has 2 heterocycles. The van der Waals surface area contributed by atoms with E-state index in [1.807, 2.05) is 36.4 Å². The monoisotopic (exact) mass is 410 g/mol. The van der Waals surface area contributed by atoms with Crippen molar-refractivity contribution in [1.82, 2.24) is 10.2 Å². The van der Waals surface area contributed by atoms with Crippen LogP contribution in [0, 0.1) is 0 Å². The van der Waals surface area contributed by atoms with Crippen LogP contribution in [0.5, 0.6) is 0 Å². The molecule has 0 aliphatic carbocycles. The molecule has 7 nitrogen and oxygen atoms in total. The summed E-state index contributed by atoms with van der Waals surface area (Å²) in [6.45, 7) is 1.17. The van der Waals surface area contributed by atoms with Gasteiger partial charge in [-0.25, -0.2) is 4.79 Å². The molecule has 150 valence electrons. The Bertz CT molecular complexity index is 927. The van der Waals surface area contributed by atoms with Crippen molar-refractivity contribution in [3.8, 4) is 0 Å². The number of likely N-dealkylation sites (tertiary alicyclic amines) is 1. The highest BCUT2D eigenvalue weighted by Gasteiger charge is 2.25. The maximum absolute atomic E-state index is 12.6. The molecule has 4 amide bonds. The van der Waals surface area contributed by atoms with Crippen molar-refractivity contribution in [2.75, 3.05) is 29.5 Å². The summed E-state index contributed by atoms with van der Waals surface area (Å²) in [7, 11) is 0. The predicted octanol–water partition coefficient (Wildman–Crippen LogP) is 3.16. The van der Waals surface area contributed by atoms with Crippen molar-refractivity contribution in [1.29, 1.82) is 0 Å². The van der Waals surface area contributed by atoms with Gasteiger partial charge in [-0.3, -0.25) is 9.59 Å². The van der Waals surface area contributed by atoms with Crippen molar-refractivity contribution in [3.05, 3.63) is 54.1 Å². The second kappa shape index (κ2) is 8.57. The first kappa shape index (κ1) is 19.3. The number of para-hydroxylation sites is 1. The molecule has 1 saturated heterocycles. The van der Waals surface area contributed by atoms with Crippen LogP contribution in [0.2, 0.25) is 0 Å². The van der Waals surface area contributed by atoms with Crippen LogP contribution in [0.1, 0.15) is 23.2 Å². The van der Waals surface area contributed by atoms with Gasteiger partial charge in [-0.1, -0.05) is 18.2 Å². The Morgan fingerprint density at radius 2 is 1.83 bits per heavy atom. The molecule has 2 aliphatic heterocycles. The predicted molar refractivity (Wildman–Crippen MR) is 113 cm³/mol. The molecule has 2 aromatic rings. The normalized spacial score (nSPS) is 16.6. The number of carbonyl (C=O) groups excluding carboxylic acids is 3. The van der Waals surface area contributed by atoms with Crippen molar-refractivity contribution >= 4 is 41.0 Å². The van der Waals surface area contributed by atoms with E-state index in [0.717, 1.165) is 10.6 Å². The van der Waals surface area contributed by atoms with Crippen molar-refractivity contribution in [2.24, 2.45) is 0 Å². The van der Waals surface area contributed by atoms with Crippen LogP contribution in [0.25, 0.3) is 0 Å². The molecular weight excluding hydrogens is 388 g/mol. The van der Waals surface area contributed by atoms with E-state index in [1.54, 1.807) is 17.0 Å². The van der Waals surface area contributed by atoms with E-state index < -0.39 is 0 Å². The lowest BCUT2D eigenvalue weighted by atomic mass is 10.0. The Morgan fingerprint density at radius 1 is 1.07 bits per heavy atom. The first-order valence-electron chi connectivity index (χ1n) is 9.57. The number of benzene rings is 2. The topological polar surface area (TPSA) is 90.5 Å². The summed E-state index contributed by atoms with van der Waals surface area (Å²) < 4.78 is 0. The number of fused-ring (bicyclic) bond motifs is 1. The SMILES string of the molecule is O=C1CSc2ccc(C(=O)NC3CCN(C(=O)Nc4ccccc4)CC3)cc2N1. The number of hydrogen-bond acceptors (Lipinski definition) is 4. The van der Waals surface area contributed by atoms with Gasteiger partial charge in [-0.15, -0.1) is 11.8 Å². The Morgan fingerprint density at radius 3 is 2.59 bits per heavy atom. The smallest absolute Gasteiger partial charge is 0.321 e. The number of anilines is 2. The highest BCUT2D eigenvalue weighted by molar-refractivity contribution is 8.00. The molecule has 0 radical (unpaired) electrons. The van der Waals surface area contributed by atoms with Gasteiger partial charge in [-0.2, -0.15) is 0 Å². The molecule has 0 bridgehead atoms. The summed E-state index contributed by atoms with van der Waals surface area (Å²) in [4.78, 5) is 39.3. The summed E-state index contributed by atoms with van der Waals surface area (Å²) in [5.41, 5.74) is 1.98. The molecule has 8 heteroatoms. The third-order valence-corrected chi connectivity index (χ3v) is 6.09. The van der Waals surface area contributed by atoms with Crippen LogP contribution in [0.15, 0.2) is 53.4 Å². The molecule has 0 unspecified atom stereocenters. The Balaban J connectivity index is 1.29. The van der Waals surface area contributed by atoms with Gasteiger partial charge in [-0.05, 0) is 43.2 Å². The van der Waals surface area contributed by atoms with Crippen LogP contribution in [-0.4, -0.2) is 47.6 Å².